The van der Waals surface area contributed by atoms with Crippen LogP contribution in [-0.2, 0) is 21.6 Å². The van der Waals surface area contributed by atoms with E-state index in [0.717, 1.165) is 39.0 Å². The van der Waals surface area contributed by atoms with Crippen molar-refractivity contribution in [2.45, 2.75) is 37.8 Å². The molecule has 4 rings (SSSR count). The summed E-state index contributed by atoms with van der Waals surface area (Å²) >= 11 is 1.90. The average Bonchev–Trinajstić information content (AvgIpc) is 3.14. The minimum Gasteiger partial charge on any atom is -0.370 e. The molecule has 26 heavy (non-hydrogen) atoms. The molecule has 0 aliphatic carbocycles. The Labute approximate surface area is 159 Å². The lowest BCUT2D eigenvalue weighted by atomic mass is 9.82. The number of fused-ring (bicyclic) bond motifs is 2. The van der Waals surface area contributed by atoms with Crippen LogP contribution in [0, 0.1) is 0 Å². The van der Waals surface area contributed by atoms with E-state index in [1.165, 1.54) is 20.9 Å². The number of nitrogens with zero attached hydrogens (tertiary/aromatic N) is 1. The number of ether oxygens (including phenoxy) is 1. The molecule has 1 aromatic heterocycles. The van der Waals surface area contributed by atoms with E-state index >= 15 is 0 Å². The lowest BCUT2D eigenvalue weighted by Gasteiger charge is -2.44. The zero-order valence-corrected chi connectivity index (χ0v) is 16.3. The highest BCUT2D eigenvalue weighted by Crippen LogP contribution is 2.46. The number of likely N-dealkylation sites (N-methyl/N-ethyl adjacent to an activating group) is 1. The second kappa shape index (κ2) is 7.14. The second-order valence-corrected chi connectivity index (χ2v) is 8.38. The van der Waals surface area contributed by atoms with E-state index in [9.17, 15) is 4.79 Å². The van der Waals surface area contributed by atoms with Gasteiger partial charge in [0.1, 0.15) is 0 Å². The molecule has 5 heteroatoms. The van der Waals surface area contributed by atoms with Crippen molar-refractivity contribution < 1.29 is 9.53 Å². The van der Waals surface area contributed by atoms with Crippen LogP contribution in [0.1, 0.15) is 30.2 Å². The number of likely N-dealkylation sites (tertiary alicyclic amines) is 1. The second-order valence-electron chi connectivity index (χ2n) is 7.24. The van der Waals surface area contributed by atoms with Gasteiger partial charge in [0.15, 0.2) is 0 Å². The van der Waals surface area contributed by atoms with Gasteiger partial charge in [-0.1, -0.05) is 30.3 Å². The van der Waals surface area contributed by atoms with Gasteiger partial charge in [0, 0.05) is 29.3 Å². The van der Waals surface area contributed by atoms with Crippen LogP contribution in [0.4, 0.5) is 0 Å². The molecule has 0 bridgehead atoms. The molecule has 2 aliphatic heterocycles. The molecule has 2 aliphatic rings. The highest BCUT2D eigenvalue weighted by molar-refractivity contribution is 7.15. The lowest BCUT2D eigenvalue weighted by Crippen LogP contribution is -2.51. The van der Waals surface area contributed by atoms with Gasteiger partial charge < -0.3 is 15.0 Å². The number of benzene rings is 1. The van der Waals surface area contributed by atoms with E-state index < -0.39 is 0 Å². The molecule has 1 spiro atoms. The number of carbonyl (C=O) groups excluding carboxylic acids is 1. The van der Waals surface area contributed by atoms with Crippen LogP contribution in [0.5, 0.6) is 0 Å². The summed E-state index contributed by atoms with van der Waals surface area (Å²) in [7, 11) is 1.83. The van der Waals surface area contributed by atoms with E-state index in [4.69, 9.17) is 4.74 Å². The maximum absolute atomic E-state index is 12.5. The van der Waals surface area contributed by atoms with Gasteiger partial charge in [-0.3, -0.25) is 4.79 Å². The molecule has 1 saturated heterocycles. The third kappa shape index (κ3) is 3.08. The van der Waals surface area contributed by atoms with E-state index in [1.807, 2.05) is 30.2 Å². The van der Waals surface area contributed by atoms with Gasteiger partial charge >= 0.3 is 0 Å². The van der Waals surface area contributed by atoms with Gasteiger partial charge in [-0.2, -0.15) is 0 Å². The number of thiophene rings is 1. The van der Waals surface area contributed by atoms with Crippen LogP contribution in [0.3, 0.4) is 0 Å². The predicted octanol–water partition coefficient (Wildman–Crippen LogP) is 3.41. The number of amides is 1. The Hall–Kier alpha value is -1.69. The maximum Gasteiger partial charge on any atom is 0.239 e. The zero-order valence-electron chi connectivity index (χ0n) is 15.5. The third-order valence-corrected chi connectivity index (χ3v) is 7.00. The molecular formula is C21H26N2O2S. The summed E-state index contributed by atoms with van der Waals surface area (Å²) in [6.45, 7) is 4.23. The first kappa shape index (κ1) is 17.7. The fourth-order valence-electron chi connectivity index (χ4n) is 4.06. The van der Waals surface area contributed by atoms with Gasteiger partial charge in [-0.25, -0.2) is 0 Å². The van der Waals surface area contributed by atoms with Gasteiger partial charge in [0.05, 0.1) is 18.2 Å². The molecule has 138 valence electrons. The number of hydrogen-bond donors (Lipinski definition) is 1. The molecule has 2 aromatic rings. The summed E-state index contributed by atoms with van der Waals surface area (Å²) in [6, 6.07) is 12.8. The predicted molar refractivity (Wildman–Crippen MR) is 105 cm³/mol. The topological polar surface area (TPSA) is 41.6 Å². The molecule has 0 radical (unpaired) electrons. The van der Waals surface area contributed by atoms with Gasteiger partial charge in [-0.05, 0) is 44.0 Å². The fraction of sp³-hybridized carbons (Fsp3) is 0.476. The minimum absolute atomic E-state index is 0.127. The van der Waals surface area contributed by atoms with Gasteiger partial charge in [0.2, 0.25) is 5.91 Å². The molecular weight excluding hydrogens is 344 g/mol. The van der Waals surface area contributed by atoms with Crippen LogP contribution in [-0.4, -0.2) is 43.6 Å². The van der Waals surface area contributed by atoms with Crippen LogP contribution in [0.15, 0.2) is 36.4 Å². The Morgan fingerprint density at radius 1 is 1.27 bits per heavy atom. The number of hydrogen-bond acceptors (Lipinski definition) is 4. The molecule has 4 nitrogen and oxygen atoms in total. The van der Waals surface area contributed by atoms with Crippen molar-refractivity contribution in [1.29, 1.82) is 0 Å². The first-order valence-electron chi connectivity index (χ1n) is 9.41. The average molecular weight is 371 g/mol. The molecule has 3 heterocycles. The smallest absolute Gasteiger partial charge is 0.239 e. The zero-order chi connectivity index (χ0) is 18.1. The summed E-state index contributed by atoms with van der Waals surface area (Å²) in [5.74, 6) is 0.189. The Morgan fingerprint density at radius 3 is 2.69 bits per heavy atom. The summed E-state index contributed by atoms with van der Waals surface area (Å²) in [5.41, 5.74) is 2.43. The molecule has 1 N–H and O–H groups in total. The van der Waals surface area contributed by atoms with Crippen molar-refractivity contribution in [3.8, 4) is 10.4 Å². The van der Waals surface area contributed by atoms with Crippen LogP contribution in [0.2, 0.25) is 0 Å². The molecule has 1 fully saturated rings. The molecule has 1 amide bonds. The quantitative estimate of drug-likeness (QED) is 0.900. The standard InChI is InChI=1S/C21H26N2O2S/c1-15(22-2)20(24)23-11-9-21(10-12-23)17-14-19(16-6-4-3-5-7-16)26-18(17)8-13-25-21/h3-7,14-15,22H,8-13H2,1-2H3/t15-/m0/s1. The Bertz CT molecular complexity index is 779. The number of piperidine rings is 1. The van der Waals surface area contributed by atoms with E-state index in [0.29, 0.717) is 0 Å². The number of nitrogens with one attached hydrogen (secondary N) is 1. The minimum atomic E-state index is -0.212. The Morgan fingerprint density at radius 2 is 2.00 bits per heavy atom. The van der Waals surface area contributed by atoms with Crippen molar-refractivity contribution in [2.24, 2.45) is 0 Å². The Kier molecular flexibility index (Phi) is 4.86. The first-order chi connectivity index (χ1) is 12.6. The fourth-order valence-corrected chi connectivity index (χ4v) is 5.30. The molecule has 0 saturated carbocycles. The van der Waals surface area contributed by atoms with Crippen LogP contribution in [0.25, 0.3) is 10.4 Å². The highest BCUT2D eigenvalue weighted by Gasteiger charge is 2.43. The largest absolute Gasteiger partial charge is 0.370 e. The monoisotopic (exact) mass is 370 g/mol. The SMILES string of the molecule is CN[C@@H](C)C(=O)N1CCC2(CC1)OCCc1sc(-c3ccccc3)cc12. The van der Waals surface area contributed by atoms with E-state index in [-0.39, 0.29) is 17.6 Å². The maximum atomic E-state index is 12.5. The van der Waals surface area contributed by atoms with Crippen molar-refractivity contribution in [3.63, 3.8) is 0 Å². The summed E-state index contributed by atoms with van der Waals surface area (Å²) in [6.07, 6.45) is 2.76. The van der Waals surface area contributed by atoms with E-state index in [2.05, 4.69) is 41.7 Å². The highest BCUT2D eigenvalue weighted by atomic mass is 32.1. The van der Waals surface area contributed by atoms with Crippen LogP contribution < -0.4 is 5.32 Å². The third-order valence-electron chi connectivity index (χ3n) is 5.75. The lowest BCUT2D eigenvalue weighted by molar-refractivity contribution is -0.142. The van der Waals surface area contributed by atoms with Crippen LogP contribution >= 0.6 is 11.3 Å². The van der Waals surface area contributed by atoms with Crippen molar-refractivity contribution in [3.05, 3.63) is 46.8 Å². The summed E-state index contributed by atoms with van der Waals surface area (Å²) in [5, 5.41) is 3.05. The van der Waals surface area contributed by atoms with Gasteiger partial charge in [0.25, 0.3) is 0 Å². The summed E-state index contributed by atoms with van der Waals surface area (Å²) in [4.78, 5) is 17.2. The van der Waals surface area contributed by atoms with Crippen molar-refractivity contribution in [2.75, 3.05) is 26.7 Å². The van der Waals surface area contributed by atoms with Crippen molar-refractivity contribution >= 4 is 17.2 Å². The number of carbonyl (C=O) groups is 1. The number of rotatable bonds is 3. The summed E-state index contributed by atoms with van der Waals surface area (Å²) < 4.78 is 6.35. The van der Waals surface area contributed by atoms with Gasteiger partial charge in [-0.15, -0.1) is 11.3 Å². The molecule has 1 aromatic carbocycles. The molecule has 0 unspecified atom stereocenters. The normalized spacial score (nSPS) is 20.0. The first-order valence-corrected chi connectivity index (χ1v) is 10.2. The Balaban J connectivity index is 1.57. The van der Waals surface area contributed by atoms with Crippen molar-refractivity contribution in [1.82, 2.24) is 10.2 Å². The van der Waals surface area contributed by atoms with E-state index in [1.54, 1.807) is 0 Å². The molecule has 1 atom stereocenters.